The highest BCUT2D eigenvalue weighted by molar-refractivity contribution is 7.22. The maximum atomic E-state index is 3.10. The second kappa shape index (κ2) is 4.53. The highest BCUT2D eigenvalue weighted by atomic mass is 31.0. The van der Waals surface area contributed by atoms with Gasteiger partial charge in [0.15, 0.2) is 0 Å². The minimum Gasteiger partial charge on any atom is -0.301 e. The molecule has 0 aromatic carbocycles. The molecule has 0 N–H and O–H groups in total. The van der Waals surface area contributed by atoms with E-state index in [4.69, 9.17) is 0 Å². The minimum atomic E-state index is 0.413. The molecule has 3 unspecified atom stereocenters. The Bertz CT molecular complexity index is 192. The van der Waals surface area contributed by atoms with E-state index in [0.717, 1.165) is 11.8 Å². The molecule has 0 aliphatic carbocycles. The fourth-order valence-electron chi connectivity index (χ4n) is 2.80. The topological polar surface area (TPSA) is 3.24 Å². The summed E-state index contributed by atoms with van der Waals surface area (Å²) >= 11 is 0. The lowest BCUT2D eigenvalue weighted by molar-refractivity contribution is 0.121. The standard InChI is InChI=1S/C11H25BNP/c1-8(2)10-5-6-13(9(3)4)7-11(10,12)14/h8-10H,5-7,12,14H2,1-4H3. The highest BCUT2D eigenvalue weighted by Gasteiger charge is 2.37. The van der Waals surface area contributed by atoms with Crippen molar-refractivity contribution in [2.45, 2.75) is 45.2 Å². The number of piperidine rings is 1. The van der Waals surface area contributed by atoms with Crippen LogP contribution < -0.4 is 0 Å². The Kier molecular flexibility index (Phi) is 4.06. The molecule has 0 spiro atoms. The van der Waals surface area contributed by atoms with E-state index >= 15 is 0 Å². The van der Waals surface area contributed by atoms with Crippen LogP contribution in [-0.2, 0) is 0 Å². The predicted molar refractivity (Wildman–Crippen MR) is 70.6 cm³/mol. The largest absolute Gasteiger partial charge is 0.301 e. The Labute approximate surface area is 92.6 Å². The zero-order valence-corrected chi connectivity index (χ0v) is 11.5. The molecule has 1 heterocycles. The van der Waals surface area contributed by atoms with Crippen molar-refractivity contribution in [1.82, 2.24) is 4.90 Å². The van der Waals surface area contributed by atoms with Crippen LogP contribution in [-0.4, -0.2) is 36.9 Å². The summed E-state index contributed by atoms with van der Waals surface area (Å²) < 4.78 is 0. The molecule has 3 heteroatoms. The zero-order chi connectivity index (χ0) is 10.9. The van der Waals surface area contributed by atoms with Crippen molar-refractivity contribution < 1.29 is 0 Å². The van der Waals surface area contributed by atoms with E-state index < -0.39 is 0 Å². The van der Waals surface area contributed by atoms with Crippen molar-refractivity contribution in [3.8, 4) is 0 Å². The predicted octanol–water partition coefficient (Wildman–Crippen LogP) is 1.58. The van der Waals surface area contributed by atoms with E-state index in [1.54, 1.807) is 0 Å². The van der Waals surface area contributed by atoms with E-state index in [9.17, 15) is 0 Å². The smallest absolute Gasteiger partial charge is 0.116 e. The van der Waals surface area contributed by atoms with Gasteiger partial charge in [0, 0.05) is 12.6 Å². The molecule has 82 valence electrons. The first-order valence-electron chi connectivity index (χ1n) is 5.87. The lowest BCUT2D eigenvalue weighted by Gasteiger charge is -2.47. The molecule has 0 aromatic rings. The van der Waals surface area contributed by atoms with Crippen LogP contribution in [0.25, 0.3) is 0 Å². The molecule has 1 nitrogen and oxygen atoms in total. The minimum absolute atomic E-state index is 0.413. The summed E-state index contributed by atoms with van der Waals surface area (Å²) in [4.78, 5) is 2.60. The van der Waals surface area contributed by atoms with Crippen molar-refractivity contribution in [1.29, 1.82) is 0 Å². The van der Waals surface area contributed by atoms with Gasteiger partial charge in [-0.3, -0.25) is 0 Å². The van der Waals surface area contributed by atoms with Crippen LogP contribution in [0.2, 0.25) is 0 Å². The molecule has 0 radical (unpaired) electrons. The van der Waals surface area contributed by atoms with E-state index in [1.807, 2.05) is 0 Å². The fraction of sp³-hybridized carbons (Fsp3) is 1.00. The van der Waals surface area contributed by atoms with Gasteiger partial charge in [0.25, 0.3) is 0 Å². The lowest BCUT2D eigenvalue weighted by Crippen LogP contribution is -2.53. The summed E-state index contributed by atoms with van der Waals surface area (Å²) in [6, 6.07) is 0.697. The van der Waals surface area contributed by atoms with Gasteiger partial charge in [-0.1, -0.05) is 13.8 Å². The summed E-state index contributed by atoms with van der Waals surface area (Å²) in [5.41, 5.74) is 0. The summed E-state index contributed by atoms with van der Waals surface area (Å²) in [5.74, 6) is 1.68. The molecular weight excluding hydrogens is 188 g/mol. The summed E-state index contributed by atoms with van der Waals surface area (Å²) in [6.07, 6.45) is 1.36. The van der Waals surface area contributed by atoms with Gasteiger partial charge in [-0.2, -0.15) is 0 Å². The van der Waals surface area contributed by atoms with Gasteiger partial charge in [-0.05, 0) is 43.7 Å². The summed E-state index contributed by atoms with van der Waals surface area (Å²) in [5, 5.41) is 0.413. The molecule has 0 bridgehead atoms. The molecular formula is C11H25BNP. The Morgan fingerprint density at radius 2 is 1.93 bits per heavy atom. The van der Waals surface area contributed by atoms with Crippen LogP contribution in [0.3, 0.4) is 0 Å². The van der Waals surface area contributed by atoms with E-state index in [1.165, 1.54) is 19.5 Å². The SMILES string of the molecule is BC1(P)CN(C(C)C)CCC1C(C)C. The van der Waals surface area contributed by atoms with Crippen LogP contribution in [0.5, 0.6) is 0 Å². The van der Waals surface area contributed by atoms with E-state index in [2.05, 4.69) is 49.7 Å². The molecule has 1 aliphatic rings. The van der Waals surface area contributed by atoms with Gasteiger partial charge in [0.1, 0.15) is 7.85 Å². The van der Waals surface area contributed by atoms with Crippen molar-refractivity contribution in [2.24, 2.45) is 11.8 Å². The number of hydrogen-bond donors (Lipinski definition) is 0. The average Bonchev–Trinajstić information content (AvgIpc) is 2.01. The Morgan fingerprint density at radius 1 is 1.36 bits per heavy atom. The number of hydrogen-bond acceptors (Lipinski definition) is 1. The second-order valence-electron chi connectivity index (χ2n) is 5.71. The van der Waals surface area contributed by atoms with Crippen molar-refractivity contribution in [3.05, 3.63) is 0 Å². The monoisotopic (exact) mass is 213 g/mol. The molecule has 14 heavy (non-hydrogen) atoms. The first-order valence-corrected chi connectivity index (χ1v) is 6.45. The summed E-state index contributed by atoms with van der Waals surface area (Å²) in [7, 11) is 5.50. The van der Waals surface area contributed by atoms with Crippen molar-refractivity contribution in [3.63, 3.8) is 0 Å². The zero-order valence-electron chi connectivity index (χ0n) is 10.4. The molecule has 1 rings (SSSR count). The highest BCUT2D eigenvalue weighted by Crippen LogP contribution is 2.37. The van der Waals surface area contributed by atoms with E-state index in [-0.39, 0.29) is 0 Å². The molecule has 1 aliphatic heterocycles. The Morgan fingerprint density at radius 3 is 2.29 bits per heavy atom. The molecule has 1 fully saturated rings. The third kappa shape index (κ3) is 2.73. The first-order chi connectivity index (χ1) is 6.34. The van der Waals surface area contributed by atoms with Crippen LogP contribution in [0.4, 0.5) is 0 Å². The molecule has 0 aromatic heterocycles. The lowest BCUT2D eigenvalue weighted by atomic mass is 9.66. The van der Waals surface area contributed by atoms with Crippen LogP contribution in [0.15, 0.2) is 0 Å². The van der Waals surface area contributed by atoms with Gasteiger partial charge >= 0.3 is 0 Å². The molecule has 1 saturated heterocycles. The van der Waals surface area contributed by atoms with Crippen molar-refractivity contribution in [2.75, 3.05) is 13.1 Å². The second-order valence-corrected chi connectivity index (χ2v) is 7.03. The van der Waals surface area contributed by atoms with Gasteiger partial charge in [0.05, 0.1) is 0 Å². The van der Waals surface area contributed by atoms with Crippen LogP contribution >= 0.6 is 9.24 Å². The third-order valence-corrected chi connectivity index (χ3v) is 4.26. The quantitative estimate of drug-likeness (QED) is 0.497. The fourth-order valence-corrected chi connectivity index (χ4v) is 3.59. The maximum absolute atomic E-state index is 3.10. The number of likely N-dealkylation sites (tertiary alicyclic amines) is 1. The first kappa shape index (κ1) is 12.5. The van der Waals surface area contributed by atoms with Gasteiger partial charge in [-0.25, -0.2) is 0 Å². The van der Waals surface area contributed by atoms with Crippen molar-refractivity contribution >= 4 is 17.1 Å². The maximum Gasteiger partial charge on any atom is 0.116 e. The third-order valence-electron chi connectivity index (χ3n) is 3.65. The van der Waals surface area contributed by atoms with E-state index in [0.29, 0.717) is 11.1 Å². The molecule has 0 amide bonds. The Balaban J connectivity index is 2.65. The Hall–Kier alpha value is 0.455. The van der Waals surface area contributed by atoms with Crippen LogP contribution in [0.1, 0.15) is 34.1 Å². The van der Waals surface area contributed by atoms with Crippen LogP contribution in [0, 0.1) is 11.8 Å². The average molecular weight is 213 g/mol. The van der Waals surface area contributed by atoms with Gasteiger partial charge < -0.3 is 4.90 Å². The number of rotatable bonds is 2. The van der Waals surface area contributed by atoms with Gasteiger partial charge in [0.2, 0.25) is 0 Å². The normalized spacial score (nSPS) is 35.5. The summed E-state index contributed by atoms with van der Waals surface area (Å²) in [6.45, 7) is 11.8. The number of nitrogens with zero attached hydrogens (tertiary/aromatic N) is 1. The van der Waals surface area contributed by atoms with Gasteiger partial charge in [-0.15, -0.1) is 9.24 Å². The molecule has 3 atom stereocenters. The molecule has 0 saturated carbocycles.